The Morgan fingerprint density at radius 2 is 2.11 bits per heavy atom. The zero-order valence-corrected chi connectivity index (χ0v) is 18.5. The number of nitrogens with one attached hydrogen (secondary N) is 1. The standard InChI is InChI=1S/C19H29N5O2.HI/c1-23(2)18(25)13-21-19(22-15-7-3-4-8-15)24-12-10-16(14-24)26-17-9-5-6-11-20-17;/h5-6,9,11,15-16H,3-4,7-8,10,12-14H2,1-2H3,(H,21,22);1H. The topological polar surface area (TPSA) is 70.1 Å². The van der Waals surface area contributed by atoms with E-state index in [-0.39, 0.29) is 42.5 Å². The molecule has 1 atom stereocenters. The maximum absolute atomic E-state index is 11.9. The van der Waals surface area contributed by atoms with Crippen LogP contribution in [0.3, 0.4) is 0 Å². The summed E-state index contributed by atoms with van der Waals surface area (Å²) in [5.41, 5.74) is 0. The molecule has 2 heterocycles. The van der Waals surface area contributed by atoms with Gasteiger partial charge >= 0.3 is 0 Å². The fraction of sp³-hybridized carbons (Fsp3) is 0.632. The molecule has 2 aliphatic rings. The molecule has 1 unspecified atom stereocenters. The van der Waals surface area contributed by atoms with Crippen molar-refractivity contribution in [3.63, 3.8) is 0 Å². The molecule has 1 aromatic rings. The smallest absolute Gasteiger partial charge is 0.243 e. The third-order valence-corrected chi connectivity index (χ3v) is 4.92. The number of hydrogen-bond donors (Lipinski definition) is 1. The van der Waals surface area contributed by atoms with Crippen LogP contribution in [0.4, 0.5) is 0 Å². The zero-order valence-electron chi connectivity index (χ0n) is 16.1. The molecule has 1 saturated heterocycles. The lowest BCUT2D eigenvalue weighted by Crippen LogP contribution is -2.45. The number of pyridine rings is 1. The van der Waals surface area contributed by atoms with Crippen molar-refractivity contribution < 1.29 is 9.53 Å². The Balaban J connectivity index is 0.00000261. The number of ether oxygens (including phenoxy) is 1. The van der Waals surface area contributed by atoms with E-state index in [9.17, 15) is 4.79 Å². The minimum Gasteiger partial charge on any atom is -0.472 e. The van der Waals surface area contributed by atoms with Crippen LogP contribution in [0.15, 0.2) is 29.4 Å². The number of carbonyl (C=O) groups excluding carboxylic acids is 1. The van der Waals surface area contributed by atoms with Crippen LogP contribution in [0.1, 0.15) is 32.1 Å². The van der Waals surface area contributed by atoms with Gasteiger partial charge in [0.15, 0.2) is 5.96 Å². The van der Waals surface area contributed by atoms with E-state index in [2.05, 4.69) is 20.2 Å². The van der Waals surface area contributed by atoms with Gasteiger partial charge < -0.3 is 19.9 Å². The van der Waals surface area contributed by atoms with Crippen LogP contribution < -0.4 is 10.1 Å². The zero-order chi connectivity index (χ0) is 18.4. The lowest BCUT2D eigenvalue weighted by Gasteiger charge is -2.25. The van der Waals surface area contributed by atoms with Crippen molar-refractivity contribution in [3.8, 4) is 5.88 Å². The van der Waals surface area contributed by atoms with Crippen LogP contribution in [0.5, 0.6) is 5.88 Å². The minimum absolute atomic E-state index is 0. The first-order chi connectivity index (χ1) is 12.6. The molecule has 8 heteroatoms. The highest BCUT2D eigenvalue weighted by atomic mass is 127. The van der Waals surface area contributed by atoms with Gasteiger partial charge in [-0.1, -0.05) is 18.9 Å². The highest BCUT2D eigenvalue weighted by molar-refractivity contribution is 14.0. The molecule has 0 bridgehead atoms. The molecule has 0 spiro atoms. The van der Waals surface area contributed by atoms with Crippen molar-refractivity contribution in [2.24, 2.45) is 4.99 Å². The summed E-state index contributed by atoms with van der Waals surface area (Å²) in [5, 5.41) is 3.57. The van der Waals surface area contributed by atoms with Crippen molar-refractivity contribution in [2.45, 2.75) is 44.2 Å². The second-order valence-corrected chi connectivity index (χ2v) is 7.20. The lowest BCUT2D eigenvalue weighted by molar-refractivity contribution is -0.127. The highest BCUT2D eigenvalue weighted by Gasteiger charge is 2.28. The van der Waals surface area contributed by atoms with E-state index in [0.29, 0.717) is 11.9 Å². The Morgan fingerprint density at radius 3 is 2.78 bits per heavy atom. The number of amides is 1. The quantitative estimate of drug-likeness (QED) is 0.392. The number of halogens is 1. The second-order valence-electron chi connectivity index (χ2n) is 7.20. The summed E-state index contributed by atoms with van der Waals surface area (Å²) >= 11 is 0. The van der Waals surface area contributed by atoms with Gasteiger partial charge in [-0.15, -0.1) is 24.0 Å². The molecule has 2 fully saturated rings. The molecule has 1 aromatic heterocycles. The maximum atomic E-state index is 11.9. The number of nitrogens with zero attached hydrogens (tertiary/aromatic N) is 4. The van der Waals surface area contributed by atoms with Crippen LogP contribution in [0.2, 0.25) is 0 Å². The Hall–Kier alpha value is -1.58. The van der Waals surface area contributed by atoms with Gasteiger partial charge in [0.1, 0.15) is 12.6 Å². The fourth-order valence-corrected chi connectivity index (χ4v) is 3.38. The molecule has 1 aliphatic carbocycles. The molecule has 3 rings (SSSR count). The summed E-state index contributed by atoms with van der Waals surface area (Å²) in [7, 11) is 3.52. The molecule has 0 radical (unpaired) electrons. The molecule has 27 heavy (non-hydrogen) atoms. The molecule has 1 amide bonds. The molecule has 1 aliphatic heterocycles. The first-order valence-corrected chi connectivity index (χ1v) is 9.45. The van der Waals surface area contributed by atoms with Gasteiger partial charge in [0.2, 0.25) is 11.8 Å². The van der Waals surface area contributed by atoms with Gasteiger partial charge in [-0.2, -0.15) is 0 Å². The Morgan fingerprint density at radius 1 is 1.33 bits per heavy atom. The number of hydrogen-bond acceptors (Lipinski definition) is 4. The van der Waals surface area contributed by atoms with Gasteiger partial charge in [-0.3, -0.25) is 4.79 Å². The Kier molecular flexibility index (Phi) is 8.59. The maximum Gasteiger partial charge on any atom is 0.243 e. The molecule has 150 valence electrons. The number of aromatic nitrogens is 1. The molecule has 1 saturated carbocycles. The van der Waals surface area contributed by atoms with Crippen LogP contribution in [0, 0.1) is 0 Å². The van der Waals surface area contributed by atoms with Crippen LogP contribution in [-0.4, -0.2) is 72.5 Å². The van der Waals surface area contributed by atoms with E-state index < -0.39 is 0 Å². The summed E-state index contributed by atoms with van der Waals surface area (Å²) in [5.74, 6) is 1.50. The number of likely N-dealkylation sites (tertiary alicyclic amines) is 1. The summed E-state index contributed by atoms with van der Waals surface area (Å²) in [6.45, 7) is 1.79. The first kappa shape index (κ1) is 21.7. The van der Waals surface area contributed by atoms with E-state index in [0.717, 1.165) is 25.5 Å². The van der Waals surface area contributed by atoms with Crippen molar-refractivity contribution in [2.75, 3.05) is 33.7 Å². The Bertz CT molecular complexity index is 620. The fourth-order valence-electron chi connectivity index (χ4n) is 3.38. The van der Waals surface area contributed by atoms with Gasteiger partial charge in [0, 0.05) is 45.4 Å². The van der Waals surface area contributed by atoms with Crippen molar-refractivity contribution in [1.82, 2.24) is 20.1 Å². The SMILES string of the molecule is CN(C)C(=O)CN=C(NC1CCCC1)N1CCC(Oc2ccccn2)C1.I. The number of aliphatic imine (C=N–C) groups is 1. The van der Waals surface area contributed by atoms with Gasteiger partial charge in [0.25, 0.3) is 0 Å². The summed E-state index contributed by atoms with van der Waals surface area (Å²) in [6, 6.07) is 6.14. The van der Waals surface area contributed by atoms with Crippen LogP contribution in [-0.2, 0) is 4.79 Å². The molecule has 1 N–H and O–H groups in total. The van der Waals surface area contributed by atoms with Crippen molar-refractivity contribution in [1.29, 1.82) is 0 Å². The van der Waals surface area contributed by atoms with E-state index in [1.807, 2.05) is 18.2 Å². The lowest BCUT2D eigenvalue weighted by atomic mass is 10.2. The summed E-state index contributed by atoms with van der Waals surface area (Å²) in [6.07, 6.45) is 7.60. The van der Waals surface area contributed by atoms with Gasteiger partial charge in [-0.05, 0) is 18.9 Å². The highest BCUT2D eigenvalue weighted by Crippen LogP contribution is 2.20. The molecular weight excluding hydrogens is 457 g/mol. The van der Waals surface area contributed by atoms with Crippen molar-refractivity contribution in [3.05, 3.63) is 24.4 Å². The third-order valence-electron chi connectivity index (χ3n) is 4.92. The second kappa shape index (κ2) is 10.7. The monoisotopic (exact) mass is 487 g/mol. The predicted octanol–water partition coefficient (Wildman–Crippen LogP) is 2.13. The van der Waals surface area contributed by atoms with Gasteiger partial charge in [0.05, 0.1) is 6.54 Å². The predicted molar refractivity (Wildman–Crippen MR) is 117 cm³/mol. The average Bonchev–Trinajstić information content (AvgIpc) is 3.31. The van der Waals surface area contributed by atoms with E-state index in [4.69, 9.17) is 4.74 Å². The Labute approximate surface area is 178 Å². The van der Waals surface area contributed by atoms with E-state index in [1.54, 1.807) is 25.2 Å². The number of carbonyl (C=O) groups is 1. The number of guanidine groups is 1. The number of likely N-dealkylation sites (N-methyl/N-ethyl adjacent to an activating group) is 1. The molecular formula is C19H30IN5O2. The molecule has 7 nitrogen and oxygen atoms in total. The molecule has 0 aromatic carbocycles. The van der Waals surface area contributed by atoms with Crippen molar-refractivity contribution >= 4 is 35.8 Å². The van der Waals surface area contributed by atoms with Crippen LogP contribution in [0.25, 0.3) is 0 Å². The van der Waals surface area contributed by atoms with Crippen LogP contribution >= 0.6 is 24.0 Å². The largest absolute Gasteiger partial charge is 0.472 e. The first-order valence-electron chi connectivity index (χ1n) is 9.45. The number of rotatable bonds is 5. The normalized spacial score (nSPS) is 20.3. The van der Waals surface area contributed by atoms with Gasteiger partial charge in [-0.25, -0.2) is 9.98 Å². The summed E-state index contributed by atoms with van der Waals surface area (Å²) < 4.78 is 5.98. The average molecular weight is 487 g/mol. The third kappa shape index (κ3) is 6.51. The summed E-state index contributed by atoms with van der Waals surface area (Å²) in [4.78, 5) is 24.6. The van der Waals surface area contributed by atoms with E-state index >= 15 is 0 Å². The van der Waals surface area contributed by atoms with E-state index in [1.165, 1.54) is 25.7 Å². The minimum atomic E-state index is 0.